The zero-order chi connectivity index (χ0) is 17.5. The lowest BCUT2D eigenvalue weighted by molar-refractivity contribution is 0.284. The van der Waals surface area contributed by atoms with Gasteiger partial charge in [-0.25, -0.2) is 9.37 Å². The average Bonchev–Trinajstić information content (AvgIpc) is 2.67. The maximum absolute atomic E-state index is 13.8. The molecule has 0 fully saturated rings. The van der Waals surface area contributed by atoms with E-state index in [1.807, 2.05) is 36.4 Å². The molecule has 1 aromatic heterocycles. The van der Waals surface area contributed by atoms with Gasteiger partial charge in [-0.15, -0.1) is 0 Å². The molecule has 0 aliphatic carbocycles. The number of anilines is 1. The van der Waals surface area contributed by atoms with Crippen molar-refractivity contribution in [2.45, 2.75) is 6.04 Å². The predicted molar refractivity (Wildman–Crippen MR) is 93.7 cm³/mol. The second kappa shape index (κ2) is 7.93. The van der Waals surface area contributed by atoms with Crippen molar-refractivity contribution >= 4 is 5.82 Å². The van der Waals surface area contributed by atoms with Crippen molar-refractivity contribution in [1.29, 1.82) is 5.26 Å². The van der Waals surface area contributed by atoms with Crippen LogP contribution in [0.3, 0.4) is 0 Å². The number of hydrogen-bond acceptors (Lipinski definition) is 4. The van der Waals surface area contributed by atoms with E-state index in [0.717, 1.165) is 5.56 Å². The van der Waals surface area contributed by atoms with Crippen molar-refractivity contribution < 1.29 is 9.13 Å². The summed E-state index contributed by atoms with van der Waals surface area (Å²) in [6.07, 6.45) is 1.50. The van der Waals surface area contributed by atoms with Gasteiger partial charge in [-0.05, 0) is 29.8 Å². The maximum Gasteiger partial charge on any atom is 0.165 e. The molecule has 2 aromatic carbocycles. The van der Waals surface area contributed by atoms with Gasteiger partial charge >= 0.3 is 0 Å². The van der Waals surface area contributed by atoms with E-state index in [0.29, 0.717) is 11.4 Å². The molecular weight excluding hydrogens is 317 g/mol. The number of benzene rings is 2. The van der Waals surface area contributed by atoms with E-state index in [4.69, 9.17) is 10.00 Å². The summed E-state index contributed by atoms with van der Waals surface area (Å²) >= 11 is 0. The van der Waals surface area contributed by atoms with Gasteiger partial charge < -0.3 is 10.1 Å². The monoisotopic (exact) mass is 333 g/mol. The fourth-order valence-corrected chi connectivity index (χ4v) is 2.37. The molecule has 0 bridgehead atoms. The summed E-state index contributed by atoms with van der Waals surface area (Å²) in [5.41, 5.74) is 1.48. The van der Waals surface area contributed by atoms with Crippen LogP contribution < -0.4 is 10.1 Å². The number of ether oxygens (including phenoxy) is 1. The summed E-state index contributed by atoms with van der Waals surface area (Å²) in [5.74, 6) is 0.425. The second-order valence-corrected chi connectivity index (χ2v) is 5.39. The largest absolute Gasteiger partial charge is 0.488 e. The summed E-state index contributed by atoms with van der Waals surface area (Å²) in [6.45, 7) is 0.229. The minimum absolute atomic E-state index is 0.206. The highest BCUT2D eigenvalue weighted by Crippen LogP contribution is 2.22. The molecule has 0 spiro atoms. The van der Waals surface area contributed by atoms with Gasteiger partial charge in [-0.1, -0.05) is 42.5 Å². The Morgan fingerprint density at radius 2 is 1.80 bits per heavy atom. The van der Waals surface area contributed by atoms with Gasteiger partial charge in [-0.2, -0.15) is 5.26 Å². The van der Waals surface area contributed by atoms with Gasteiger partial charge in [0.25, 0.3) is 0 Å². The number of aromatic nitrogens is 1. The molecule has 0 aliphatic heterocycles. The third kappa shape index (κ3) is 4.33. The molecule has 0 saturated carbocycles. The molecule has 5 heteroatoms. The van der Waals surface area contributed by atoms with Crippen molar-refractivity contribution in [3.8, 4) is 11.8 Å². The van der Waals surface area contributed by atoms with E-state index in [2.05, 4.69) is 10.3 Å². The lowest BCUT2D eigenvalue weighted by atomic mass is 10.1. The molecule has 3 aromatic rings. The average molecular weight is 333 g/mol. The van der Waals surface area contributed by atoms with Gasteiger partial charge in [-0.3, -0.25) is 0 Å². The summed E-state index contributed by atoms with van der Waals surface area (Å²) in [7, 11) is 0. The molecule has 0 radical (unpaired) electrons. The third-order valence-corrected chi connectivity index (χ3v) is 3.66. The van der Waals surface area contributed by atoms with Crippen LogP contribution >= 0.6 is 0 Å². The van der Waals surface area contributed by atoms with Crippen molar-refractivity contribution in [3.63, 3.8) is 0 Å². The Bertz CT molecular complexity index is 860. The van der Waals surface area contributed by atoms with E-state index in [1.165, 1.54) is 12.3 Å². The van der Waals surface area contributed by atoms with Crippen molar-refractivity contribution in [1.82, 2.24) is 4.98 Å². The smallest absolute Gasteiger partial charge is 0.165 e. The van der Waals surface area contributed by atoms with Crippen LogP contribution in [-0.4, -0.2) is 11.6 Å². The molecule has 1 unspecified atom stereocenters. The number of nitrogens with one attached hydrogen (secondary N) is 1. The predicted octanol–water partition coefficient (Wildman–Crippen LogP) is 4.32. The van der Waals surface area contributed by atoms with Gasteiger partial charge in [0.15, 0.2) is 11.6 Å². The van der Waals surface area contributed by atoms with E-state index in [9.17, 15) is 4.39 Å². The van der Waals surface area contributed by atoms with E-state index < -0.39 is 5.82 Å². The first kappa shape index (κ1) is 16.5. The van der Waals surface area contributed by atoms with Gasteiger partial charge in [0.1, 0.15) is 18.5 Å². The quantitative estimate of drug-likeness (QED) is 0.730. The highest BCUT2D eigenvalue weighted by atomic mass is 19.1. The van der Waals surface area contributed by atoms with E-state index >= 15 is 0 Å². The molecule has 1 heterocycles. The van der Waals surface area contributed by atoms with Crippen LogP contribution in [-0.2, 0) is 0 Å². The molecule has 25 heavy (non-hydrogen) atoms. The zero-order valence-electron chi connectivity index (χ0n) is 13.4. The first-order chi connectivity index (χ1) is 12.3. The molecule has 124 valence electrons. The Morgan fingerprint density at radius 3 is 2.48 bits per heavy atom. The minimum Gasteiger partial charge on any atom is -0.488 e. The normalized spacial score (nSPS) is 11.4. The third-order valence-electron chi connectivity index (χ3n) is 3.66. The zero-order valence-corrected chi connectivity index (χ0v) is 13.4. The SMILES string of the molecule is N#Cc1ccc(NC(COc2ccccc2F)c2ccccc2)nc1. The Labute approximate surface area is 145 Å². The second-order valence-electron chi connectivity index (χ2n) is 5.39. The highest BCUT2D eigenvalue weighted by molar-refractivity contribution is 5.42. The molecule has 0 aliphatic rings. The maximum atomic E-state index is 13.8. The van der Waals surface area contributed by atoms with E-state index in [1.54, 1.807) is 30.3 Å². The molecule has 1 N–H and O–H groups in total. The van der Waals surface area contributed by atoms with Crippen LogP contribution in [0.4, 0.5) is 10.2 Å². The number of nitrogens with zero attached hydrogens (tertiary/aromatic N) is 2. The summed E-state index contributed by atoms with van der Waals surface area (Å²) in [4.78, 5) is 4.22. The summed E-state index contributed by atoms with van der Waals surface area (Å²) in [5, 5.41) is 12.1. The van der Waals surface area contributed by atoms with Crippen LogP contribution in [0.25, 0.3) is 0 Å². The summed E-state index contributed by atoms with van der Waals surface area (Å²) < 4.78 is 19.4. The van der Waals surface area contributed by atoms with Crippen LogP contribution in [0, 0.1) is 17.1 Å². The number of para-hydroxylation sites is 1. The molecule has 3 rings (SSSR count). The number of pyridine rings is 1. The van der Waals surface area contributed by atoms with Crippen LogP contribution in [0.1, 0.15) is 17.2 Å². The van der Waals surface area contributed by atoms with Crippen LogP contribution in [0.15, 0.2) is 72.9 Å². The fraction of sp³-hybridized carbons (Fsp3) is 0.100. The molecule has 0 saturated heterocycles. The van der Waals surface area contributed by atoms with Crippen LogP contribution in [0.5, 0.6) is 5.75 Å². The Morgan fingerprint density at radius 1 is 1.04 bits per heavy atom. The number of halogens is 1. The van der Waals surface area contributed by atoms with Crippen molar-refractivity contribution in [2.24, 2.45) is 0 Å². The van der Waals surface area contributed by atoms with Crippen LogP contribution in [0.2, 0.25) is 0 Å². The Balaban J connectivity index is 1.78. The van der Waals surface area contributed by atoms with Gasteiger partial charge in [0.2, 0.25) is 0 Å². The Kier molecular flexibility index (Phi) is 5.22. The summed E-state index contributed by atoms with van der Waals surface area (Å²) in [6, 6.07) is 21.3. The van der Waals surface area contributed by atoms with E-state index in [-0.39, 0.29) is 18.4 Å². The molecule has 4 nitrogen and oxygen atoms in total. The molecule has 1 atom stereocenters. The van der Waals surface area contributed by atoms with Gasteiger partial charge in [0.05, 0.1) is 11.6 Å². The first-order valence-electron chi connectivity index (χ1n) is 7.81. The first-order valence-corrected chi connectivity index (χ1v) is 7.81. The van der Waals surface area contributed by atoms with Gasteiger partial charge in [0, 0.05) is 6.20 Å². The topological polar surface area (TPSA) is 57.9 Å². The minimum atomic E-state index is -0.397. The Hall–Kier alpha value is -3.39. The fourth-order valence-electron chi connectivity index (χ4n) is 2.37. The molecular formula is C20H16FN3O. The number of nitriles is 1. The lowest BCUT2D eigenvalue weighted by Crippen LogP contribution is -2.19. The standard InChI is InChI=1S/C20H16FN3O/c21-17-8-4-5-9-19(17)25-14-18(16-6-2-1-3-7-16)24-20-11-10-15(12-22)13-23-20/h1-11,13,18H,14H2,(H,23,24). The van der Waals surface area contributed by atoms with Crippen molar-refractivity contribution in [2.75, 3.05) is 11.9 Å². The highest BCUT2D eigenvalue weighted by Gasteiger charge is 2.14. The number of hydrogen-bond donors (Lipinski definition) is 1. The number of rotatable bonds is 6. The molecule has 0 amide bonds. The van der Waals surface area contributed by atoms with Crippen molar-refractivity contribution in [3.05, 3.63) is 89.9 Å². The lowest BCUT2D eigenvalue weighted by Gasteiger charge is -2.20.